The molecule has 3 amide bonds. The topological polar surface area (TPSA) is 105 Å². The summed E-state index contributed by atoms with van der Waals surface area (Å²) < 4.78 is 3.81. The number of benzene rings is 2. The molecule has 2 aliphatic heterocycles. The Morgan fingerprint density at radius 3 is 2.58 bits per heavy atom. The van der Waals surface area contributed by atoms with Gasteiger partial charge in [0, 0.05) is 50.2 Å². The third kappa shape index (κ3) is 6.04. The second kappa shape index (κ2) is 12.4. The fourth-order valence-corrected chi connectivity index (χ4v) is 6.50. The first-order valence-corrected chi connectivity index (χ1v) is 15.3. The Hall–Kier alpha value is -4.47. The third-order valence-corrected chi connectivity index (χ3v) is 8.66. The van der Waals surface area contributed by atoms with E-state index in [1.165, 1.54) is 0 Å². The van der Waals surface area contributed by atoms with Crippen LogP contribution < -0.4 is 5.32 Å². The van der Waals surface area contributed by atoms with Gasteiger partial charge in [0.2, 0.25) is 11.8 Å². The molecule has 6 rings (SSSR count). The highest BCUT2D eigenvalue weighted by atomic mass is 16.2. The van der Waals surface area contributed by atoms with Crippen LogP contribution in [0.15, 0.2) is 60.8 Å². The van der Waals surface area contributed by atoms with Gasteiger partial charge in [-0.05, 0) is 50.7 Å². The van der Waals surface area contributed by atoms with Crippen LogP contribution in [0, 0.1) is 6.92 Å². The van der Waals surface area contributed by atoms with Gasteiger partial charge < -0.3 is 19.7 Å². The van der Waals surface area contributed by atoms with Crippen LogP contribution in [0.1, 0.15) is 65.7 Å². The van der Waals surface area contributed by atoms with Gasteiger partial charge in [-0.1, -0.05) is 48.5 Å². The molecule has 0 radical (unpaired) electrons. The molecule has 2 aromatic carbocycles. The van der Waals surface area contributed by atoms with Crippen molar-refractivity contribution in [3.63, 3.8) is 0 Å². The van der Waals surface area contributed by atoms with Crippen LogP contribution in [0.3, 0.4) is 0 Å². The molecule has 0 saturated carbocycles. The first-order valence-electron chi connectivity index (χ1n) is 15.3. The molecular weight excluding hydrogens is 542 g/mol. The molecule has 4 heterocycles. The smallest absolute Gasteiger partial charge is 0.256 e. The zero-order valence-electron chi connectivity index (χ0n) is 24.9. The van der Waals surface area contributed by atoms with Gasteiger partial charge in [-0.15, -0.1) is 0 Å². The van der Waals surface area contributed by atoms with E-state index >= 15 is 0 Å². The van der Waals surface area contributed by atoms with E-state index in [9.17, 15) is 14.4 Å². The number of rotatable bonds is 3. The Morgan fingerprint density at radius 2 is 1.74 bits per heavy atom. The summed E-state index contributed by atoms with van der Waals surface area (Å²) in [6.45, 7) is 3.64. The van der Waals surface area contributed by atoms with Gasteiger partial charge in [-0.2, -0.15) is 5.10 Å². The van der Waals surface area contributed by atoms with Crippen molar-refractivity contribution in [3.8, 4) is 0 Å². The molecule has 1 N–H and O–H groups in total. The fourth-order valence-electron chi connectivity index (χ4n) is 6.50. The van der Waals surface area contributed by atoms with E-state index < -0.39 is 12.1 Å². The lowest BCUT2D eigenvalue weighted by molar-refractivity contribution is -0.142. The van der Waals surface area contributed by atoms with E-state index in [2.05, 4.69) is 5.32 Å². The molecule has 10 heteroatoms. The summed E-state index contributed by atoms with van der Waals surface area (Å²) in [4.78, 5) is 49.7. The van der Waals surface area contributed by atoms with Crippen LogP contribution >= 0.6 is 0 Å². The molecule has 2 atom stereocenters. The third-order valence-electron chi connectivity index (χ3n) is 8.66. The van der Waals surface area contributed by atoms with Gasteiger partial charge in [-0.25, -0.2) is 9.67 Å². The Bertz CT molecular complexity index is 1630. The molecule has 224 valence electrons. The standard InChI is InChI=1S/C33H39N7O3/c1-23-34-31-27(21-24-11-4-3-5-12-24)35-32(42)29-15-8-9-18-39(29)30(41)16-10-17-38(19-20-40(31)36-23)33(43)26-22-37(2)28-14-7-6-13-25(26)28/h3-7,11-14,22,27,29H,8-10,15-21H2,1-2H3,(H,35,42)/t27-,29+/m1/s1. The molecule has 0 aliphatic carbocycles. The van der Waals surface area contributed by atoms with Gasteiger partial charge in [0.1, 0.15) is 17.7 Å². The first-order chi connectivity index (χ1) is 20.9. The van der Waals surface area contributed by atoms with E-state index in [1.807, 2.05) is 88.9 Å². The molecule has 43 heavy (non-hydrogen) atoms. The lowest BCUT2D eigenvalue weighted by Gasteiger charge is -2.36. The Balaban J connectivity index is 1.36. The Morgan fingerprint density at radius 1 is 0.953 bits per heavy atom. The van der Waals surface area contributed by atoms with Gasteiger partial charge in [-0.3, -0.25) is 14.4 Å². The number of nitrogens with one attached hydrogen (secondary N) is 1. The Kier molecular flexibility index (Phi) is 8.26. The fraction of sp³-hybridized carbons (Fsp3) is 0.424. The summed E-state index contributed by atoms with van der Waals surface area (Å²) >= 11 is 0. The number of nitrogens with zero attached hydrogens (tertiary/aromatic N) is 6. The molecule has 0 spiro atoms. The van der Waals surface area contributed by atoms with Crippen molar-refractivity contribution in [2.24, 2.45) is 7.05 Å². The van der Waals surface area contributed by atoms with Crippen LogP contribution in [-0.4, -0.2) is 72.5 Å². The minimum Gasteiger partial charge on any atom is -0.350 e. The zero-order chi connectivity index (χ0) is 29.9. The number of amides is 3. The van der Waals surface area contributed by atoms with Gasteiger partial charge >= 0.3 is 0 Å². The number of aromatic nitrogens is 4. The molecule has 2 aliphatic rings. The number of fused-ring (bicyclic) bond motifs is 3. The lowest BCUT2D eigenvalue weighted by atomic mass is 9.99. The van der Waals surface area contributed by atoms with Crippen LogP contribution in [-0.2, 0) is 29.6 Å². The summed E-state index contributed by atoms with van der Waals surface area (Å²) in [6.07, 6.45) is 5.62. The monoisotopic (exact) mass is 581 g/mol. The first kappa shape index (κ1) is 28.6. The van der Waals surface area contributed by atoms with Crippen molar-refractivity contribution < 1.29 is 14.4 Å². The highest BCUT2D eigenvalue weighted by molar-refractivity contribution is 6.07. The zero-order valence-corrected chi connectivity index (χ0v) is 24.9. The molecule has 1 fully saturated rings. The average Bonchev–Trinajstić information content (AvgIpc) is 3.57. The number of piperidine rings is 1. The summed E-state index contributed by atoms with van der Waals surface area (Å²) in [7, 11) is 1.95. The van der Waals surface area contributed by atoms with Crippen LogP contribution in [0.2, 0.25) is 0 Å². The molecular formula is C33H39N7O3. The van der Waals surface area contributed by atoms with Crippen molar-refractivity contribution in [2.45, 2.75) is 64.1 Å². The number of para-hydroxylation sites is 1. The molecule has 4 aromatic rings. The SMILES string of the molecule is Cc1nc2n(n1)CCN(C(=O)c1cn(C)c3ccccc13)CCCC(=O)N1CCCC[C@H]1C(=O)N[C@@H]2Cc1ccccc1. The minimum atomic E-state index is -0.520. The summed E-state index contributed by atoms with van der Waals surface area (Å²) in [5.41, 5.74) is 2.70. The highest BCUT2D eigenvalue weighted by Crippen LogP contribution is 2.25. The maximum Gasteiger partial charge on any atom is 0.256 e. The van der Waals surface area contributed by atoms with Crippen molar-refractivity contribution in [2.75, 3.05) is 19.6 Å². The van der Waals surface area contributed by atoms with E-state index in [0.717, 1.165) is 29.3 Å². The summed E-state index contributed by atoms with van der Waals surface area (Å²) in [5.74, 6) is 1.00. The van der Waals surface area contributed by atoms with Crippen LogP contribution in [0.5, 0.6) is 0 Å². The Labute approximate surface area is 251 Å². The van der Waals surface area contributed by atoms with Crippen molar-refractivity contribution in [3.05, 3.63) is 83.6 Å². The number of hydrogen-bond acceptors (Lipinski definition) is 5. The quantitative estimate of drug-likeness (QED) is 0.396. The molecule has 0 bridgehead atoms. The van der Waals surface area contributed by atoms with Gasteiger partial charge in [0.25, 0.3) is 5.91 Å². The second-order valence-corrected chi connectivity index (χ2v) is 11.7. The highest BCUT2D eigenvalue weighted by Gasteiger charge is 2.34. The number of carbonyl (C=O) groups excluding carboxylic acids is 3. The average molecular weight is 582 g/mol. The number of aryl methyl sites for hydroxylation is 2. The lowest BCUT2D eigenvalue weighted by Crippen LogP contribution is -2.53. The van der Waals surface area contributed by atoms with E-state index in [4.69, 9.17) is 10.1 Å². The van der Waals surface area contributed by atoms with Crippen molar-refractivity contribution in [1.29, 1.82) is 0 Å². The molecule has 2 aromatic heterocycles. The van der Waals surface area contributed by atoms with E-state index in [0.29, 0.717) is 62.7 Å². The normalized spacial score (nSPS) is 20.3. The van der Waals surface area contributed by atoms with Crippen molar-refractivity contribution >= 4 is 28.6 Å². The van der Waals surface area contributed by atoms with E-state index in [1.54, 1.807) is 4.90 Å². The maximum absolute atomic E-state index is 14.1. The maximum atomic E-state index is 14.1. The summed E-state index contributed by atoms with van der Waals surface area (Å²) in [6, 6.07) is 16.9. The van der Waals surface area contributed by atoms with Crippen molar-refractivity contribution in [1.82, 2.24) is 34.4 Å². The molecule has 1 saturated heterocycles. The summed E-state index contributed by atoms with van der Waals surface area (Å²) in [5, 5.41) is 8.86. The second-order valence-electron chi connectivity index (χ2n) is 11.7. The minimum absolute atomic E-state index is 0.0342. The largest absolute Gasteiger partial charge is 0.350 e. The number of carbonyl (C=O) groups is 3. The van der Waals surface area contributed by atoms with E-state index in [-0.39, 0.29) is 24.1 Å². The van der Waals surface area contributed by atoms with Gasteiger partial charge in [0.15, 0.2) is 0 Å². The van der Waals surface area contributed by atoms with Crippen LogP contribution in [0.4, 0.5) is 0 Å². The molecule has 0 unspecified atom stereocenters. The van der Waals surface area contributed by atoms with Gasteiger partial charge in [0.05, 0.1) is 18.2 Å². The number of hydrogen-bond donors (Lipinski definition) is 1. The predicted octanol–water partition coefficient (Wildman–Crippen LogP) is 3.80. The molecule has 10 nitrogen and oxygen atoms in total. The predicted molar refractivity (Wildman–Crippen MR) is 163 cm³/mol. The van der Waals surface area contributed by atoms with Crippen LogP contribution in [0.25, 0.3) is 10.9 Å².